The first-order valence-corrected chi connectivity index (χ1v) is 12.9. The molecule has 0 aliphatic carbocycles. The Labute approximate surface area is 207 Å². The summed E-state index contributed by atoms with van der Waals surface area (Å²) in [5.41, 5.74) is -1.36. The van der Waals surface area contributed by atoms with E-state index in [9.17, 15) is 18.3 Å². The molecular weight excluding hydrogens is 474 g/mol. The lowest BCUT2D eigenvalue weighted by Gasteiger charge is -2.23. The molecule has 0 amide bonds. The molecule has 0 spiro atoms. The van der Waals surface area contributed by atoms with Crippen LogP contribution in [0.5, 0.6) is 17.2 Å². The number of hydrogen-bond donors (Lipinski definition) is 1. The van der Waals surface area contributed by atoms with Gasteiger partial charge in [0.05, 0.1) is 18.1 Å². The van der Waals surface area contributed by atoms with Gasteiger partial charge in [-0.3, -0.25) is 0 Å². The van der Waals surface area contributed by atoms with E-state index in [4.69, 9.17) is 18.9 Å². The molecule has 194 valence electrons. The Kier molecular flexibility index (Phi) is 10.8. The zero-order valence-electron chi connectivity index (χ0n) is 20.7. The van der Waals surface area contributed by atoms with E-state index in [0.717, 1.165) is 12.8 Å². The normalized spacial score (nSPS) is 11.9. The van der Waals surface area contributed by atoms with Gasteiger partial charge in [0.15, 0.2) is 5.60 Å². The number of nitrogens with zero attached hydrogens (tertiary/aromatic N) is 1. The van der Waals surface area contributed by atoms with Crippen LogP contribution >= 0.6 is 0 Å². The second-order valence-corrected chi connectivity index (χ2v) is 10.2. The van der Waals surface area contributed by atoms with Crippen molar-refractivity contribution in [2.24, 2.45) is 0 Å². The van der Waals surface area contributed by atoms with E-state index in [-0.39, 0.29) is 31.2 Å². The third-order valence-electron chi connectivity index (χ3n) is 5.09. The zero-order valence-corrected chi connectivity index (χ0v) is 21.5. The third-order valence-corrected chi connectivity index (χ3v) is 7.01. The van der Waals surface area contributed by atoms with Crippen molar-refractivity contribution in [3.63, 3.8) is 0 Å². The molecule has 0 aliphatic heterocycles. The van der Waals surface area contributed by atoms with Gasteiger partial charge < -0.3 is 24.1 Å². The first-order valence-electron chi connectivity index (χ1n) is 11.5. The molecule has 35 heavy (non-hydrogen) atoms. The van der Waals surface area contributed by atoms with Gasteiger partial charge in [-0.25, -0.2) is 13.2 Å². The Bertz CT molecular complexity index is 1020. The fraction of sp³-hybridized carbons (Fsp3) is 0.480. The SMILES string of the molecule is CCCCOc1ccc(S(=O)(=O)N(CCOC)CCOc2ccc(OC(C)(C)C(=O)O)cc2)cc1. The average Bonchev–Trinajstić information content (AvgIpc) is 2.82. The molecule has 9 nitrogen and oxygen atoms in total. The smallest absolute Gasteiger partial charge is 0.347 e. The van der Waals surface area contributed by atoms with E-state index in [2.05, 4.69) is 6.92 Å². The van der Waals surface area contributed by atoms with Crippen molar-refractivity contribution in [1.29, 1.82) is 0 Å². The molecule has 2 rings (SSSR count). The van der Waals surface area contributed by atoms with Crippen molar-refractivity contribution in [3.05, 3.63) is 48.5 Å². The number of methoxy groups -OCH3 is 1. The van der Waals surface area contributed by atoms with Crippen LogP contribution in [0.1, 0.15) is 33.6 Å². The number of unbranched alkanes of at least 4 members (excludes halogenated alkanes) is 1. The summed E-state index contributed by atoms with van der Waals surface area (Å²) in [7, 11) is -2.25. The predicted molar refractivity (Wildman–Crippen MR) is 132 cm³/mol. The second-order valence-electron chi connectivity index (χ2n) is 8.31. The van der Waals surface area contributed by atoms with Gasteiger partial charge in [0, 0.05) is 20.2 Å². The van der Waals surface area contributed by atoms with Crippen molar-refractivity contribution < 1.29 is 37.3 Å². The van der Waals surface area contributed by atoms with Gasteiger partial charge in [-0.1, -0.05) is 13.3 Å². The van der Waals surface area contributed by atoms with E-state index in [1.165, 1.54) is 37.4 Å². The summed E-state index contributed by atoms with van der Waals surface area (Å²) in [6.07, 6.45) is 1.95. The Morgan fingerprint density at radius 3 is 1.94 bits per heavy atom. The molecular formula is C25H35NO8S. The Morgan fingerprint density at radius 2 is 1.40 bits per heavy atom. The summed E-state index contributed by atoms with van der Waals surface area (Å²) >= 11 is 0. The van der Waals surface area contributed by atoms with Gasteiger partial charge in [-0.2, -0.15) is 4.31 Å². The highest BCUT2D eigenvalue weighted by molar-refractivity contribution is 7.89. The summed E-state index contributed by atoms with van der Waals surface area (Å²) in [4.78, 5) is 11.4. The van der Waals surface area contributed by atoms with Crippen LogP contribution in [0.3, 0.4) is 0 Å². The number of carboxylic acids is 1. The van der Waals surface area contributed by atoms with Crippen molar-refractivity contribution in [2.45, 2.75) is 44.1 Å². The second kappa shape index (κ2) is 13.3. The van der Waals surface area contributed by atoms with Crippen LogP contribution in [0.4, 0.5) is 0 Å². The van der Waals surface area contributed by atoms with Crippen LogP contribution in [0.25, 0.3) is 0 Å². The van der Waals surface area contributed by atoms with Crippen molar-refractivity contribution in [3.8, 4) is 17.2 Å². The van der Waals surface area contributed by atoms with Crippen molar-refractivity contribution in [2.75, 3.05) is 40.0 Å². The summed E-state index contributed by atoms with van der Waals surface area (Å²) in [5, 5.41) is 9.17. The van der Waals surface area contributed by atoms with E-state index in [1.54, 1.807) is 36.4 Å². The van der Waals surface area contributed by atoms with Crippen LogP contribution in [0, 0.1) is 0 Å². The largest absolute Gasteiger partial charge is 0.494 e. The quantitative estimate of drug-likeness (QED) is 0.340. The molecule has 2 aromatic rings. The lowest BCUT2D eigenvalue weighted by molar-refractivity contribution is -0.152. The van der Waals surface area contributed by atoms with Crippen LogP contribution in [0.2, 0.25) is 0 Å². The molecule has 0 unspecified atom stereocenters. The molecule has 0 aromatic heterocycles. The van der Waals surface area contributed by atoms with Crippen LogP contribution in [0.15, 0.2) is 53.4 Å². The minimum absolute atomic E-state index is 0.113. The molecule has 0 saturated heterocycles. The fourth-order valence-corrected chi connectivity index (χ4v) is 4.35. The Hall–Kier alpha value is -2.82. The lowest BCUT2D eigenvalue weighted by Crippen LogP contribution is -2.37. The molecule has 10 heteroatoms. The van der Waals surface area contributed by atoms with Crippen LogP contribution in [-0.4, -0.2) is 69.4 Å². The molecule has 2 aromatic carbocycles. The fourth-order valence-electron chi connectivity index (χ4n) is 2.94. The first-order chi connectivity index (χ1) is 16.6. The topological polar surface area (TPSA) is 112 Å². The molecule has 0 heterocycles. The van der Waals surface area contributed by atoms with E-state index in [1.807, 2.05) is 0 Å². The lowest BCUT2D eigenvalue weighted by atomic mass is 10.1. The van der Waals surface area contributed by atoms with Gasteiger partial charge in [0.25, 0.3) is 0 Å². The summed E-state index contributed by atoms with van der Waals surface area (Å²) in [6.45, 7) is 6.22. The van der Waals surface area contributed by atoms with E-state index >= 15 is 0 Å². The zero-order chi connectivity index (χ0) is 25.9. The monoisotopic (exact) mass is 509 g/mol. The number of carbonyl (C=O) groups is 1. The maximum atomic E-state index is 13.2. The highest BCUT2D eigenvalue weighted by atomic mass is 32.2. The van der Waals surface area contributed by atoms with E-state index < -0.39 is 21.6 Å². The van der Waals surface area contributed by atoms with Crippen molar-refractivity contribution >= 4 is 16.0 Å². The van der Waals surface area contributed by atoms with Crippen molar-refractivity contribution in [1.82, 2.24) is 4.31 Å². The minimum atomic E-state index is -3.76. The number of ether oxygens (including phenoxy) is 4. The van der Waals surface area contributed by atoms with Gasteiger partial charge in [0.1, 0.15) is 23.9 Å². The number of carboxylic acid groups (broad SMARTS) is 1. The molecule has 0 aliphatic rings. The molecule has 0 saturated carbocycles. The van der Waals surface area contributed by atoms with Gasteiger partial charge in [-0.15, -0.1) is 0 Å². The standard InChI is InChI=1S/C25H35NO8S/c1-5-6-17-32-21-11-13-23(14-12-21)35(29,30)26(15-18-31-4)16-19-33-20-7-9-22(10-8-20)34-25(2,3)24(27)28/h7-14H,5-6,15-19H2,1-4H3,(H,27,28). The van der Waals surface area contributed by atoms with Crippen LogP contribution < -0.4 is 14.2 Å². The van der Waals surface area contributed by atoms with Gasteiger partial charge in [-0.05, 0) is 68.8 Å². The number of rotatable bonds is 16. The maximum absolute atomic E-state index is 13.2. The number of sulfonamides is 1. The minimum Gasteiger partial charge on any atom is -0.494 e. The summed E-state index contributed by atoms with van der Waals surface area (Å²) < 4.78 is 49.6. The first kappa shape index (κ1) is 28.4. The molecule has 0 bridgehead atoms. The number of benzene rings is 2. The number of aliphatic carboxylic acids is 1. The average molecular weight is 510 g/mol. The maximum Gasteiger partial charge on any atom is 0.347 e. The third kappa shape index (κ3) is 8.72. The molecule has 0 fully saturated rings. The van der Waals surface area contributed by atoms with Crippen LogP contribution in [-0.2, 0) is 19.6 Å². The highest BCUT2D eigenvalue weighted by Gasteiger charge is 2.29. The van der Waals surface area contributed by atoms with Gasteiger partial charge in [0.2, 0.25) is 10.0 Å². The summed E-state index contributed by atoms with van der Waals surface area (Å²) in [5.74, 6) is 0.441. The number of hydrogen-bond acceptors (Lipinski definition) is 7. The predicted octanol–water partition coefficient (Wildman–Crippen LogP) is 3.82. The summed E-state index contributed by atoms with van der Waals surface area (Å²) in [6, 6.07) is 12.9. The molecule has 0 atom stereocenters. The molecule has 1 N–H and O–H groups in total. The molecule has 0 radical (unpaired) electrons. The van der Waals surface area contributed by atoms with Gasteiger partial charge >= 0.3 is 5.97 Å². The van der Waals surface area contributed by atoms with E-state index in [0.29, 0.717) is 23.9 Å². The Morgan fingerprint density at radius 1 is 0.886 bits per heavy atom. The Balaban J connectivity index is 2.00. The highest BCUT2D eigenvalue weighted by Crippen LogP contribution is 2.23.